The van der Waals surface area contributed by atoms with Gasteiger partial charge in [-0.2, -0.15) is 10.2 Å². The number of amides is 1. The minimum atomic E-state index is -3.55. The number of hydrogen-bond donors (Lipinski definition) is 1. The highest BCUT2D eigenvalue weighted by Gasteiger charge is 2.37. The molecule has 2 aromatic rings. The summed E-state index contributed by atoms with van der Waals surface area (Å²) in [5.74, 6) is -0.655. The van der Waals surface area contributed by atoms with Gasteiger partial charge in [-0.3, -0.25) is 4.79 Å². The summed E-state index contributed by atoms with van der Waals surface area (Å²) in [6.07, 6.45) is 2.50. The summed E-state index contributed by atoms with van der Waals surface area (Å²) in [7, 11) is -3.55. The molecular formula is C12H11N3O3S. The molecule has 1 aliphatic rings. The molecule has 3 rings (SSSR count). The average Bonchev–Trinajstić information content (AvgIpc) is 3.22. The molecule has 1 amide bonds. The van der Waals surface area contributed by atoms with Gasteiger partial charge in [0.2, 0.25) is 10.0 Å². The Balaban J connectivity index is 1.98. The number of aromatic nitrogens is 2. The molecule has 1 heterocycles. The van der Waals surface area contributed by atoms with Crippen LogP contribution in [0.4, 0.5) is 0 Å². The van der Waals surface area contributed by atoms with E-state index in [2.05, 4.69) is 14.9 Å². The van der Waals surface area contributed by atoms with Crippen molar-refractivity contribution in [2.75, 3.05) is 0 Å². The molecule has 0 saturated heterocycles. The molecule has 0 unspecified atom stereocenters. The quantitative estimate of drug-likeness (QED) is 0.898. The zero-order valence-corrected chi connectivity index (χ0v) is 10.7. The minimum Gasteiger partial charge on any atom is -0.268 e. The maximum absolute atomic E-state index is 12.0. The van der Waals surface area contributed by atoms with Gasteiger partial charge in [0.25, 0.3) is 5.91 Å². The SMILES string of the molecule is O=C(NS(=O)(=O)C1CC1)c1cnnc2ccccc12. The standard InChI is InChI=1S/C12H11N3O3S/c16-12(15-19(17,18)8-5-6-8)10-7-13-14-11-4-2-1-3-9(10)11/h1-4,7-8H,5-6H2,(H,15,16). The second-order valence-corrected chi connectivity index (χ2v) is 6.41. The first-order valence-corrected chi connectivity index (χ1v) is 7.39. The first-order chi connectivity index (χ1) is 9.08. The van der Waals surface area contributed by atoms with Crippen molar-refractivity contribution in [3.05, 3.63) is 36.0 Å². The molecule has 0 aliphatic heterocycles. The van der Waals surface area contributed by atoms with Gasteiger partial charge in [0.1, 0.15) is 0 Å². The maximum Gasteiger partial charge on any atom is 0.267 e. The zero-order chi connectivity index (χ0) is 13.5. The van der Waals surface area contributed by atoms with Crippen LogP contribution in [0.1, 0.15) is 23.2 Å². The van der Waals surface area contributed by atoms with Crippen molar-refractivity contribution in [2.45, 2.75) is 18.1 Å². The van der Waals surface area contributed by atoms with Gasteiger partial charge in [-0.05, 0) is 18.9 Å². The topological polar surface area (TPSA) is 89.0 Å². The van der Waals surface area contributed by atoms with Crippen molar-refractivity contribution in [2.24, 2.45) is 0 Å². The van der Waals surface area contributed by atoms with Gasteiger partial charge in [0.05, 0.1) is 22.5 Å². The maximum atomic E-state index is 12.0. The highest BCUT2D eigenvalue weighted by molar-refractivity contribution is 7.91. The van der Waals surface area contributed by atoms with Gasteiger partial charge < -0.3 is 0 Å². The summed E-state index contributed by atoms with van der Waals surface area (Å²) in [6, 6.07) is 6.97. The smallest absolute Gasteiger partial charge is 0.267 e. The van der Waals surface area contributed by atoms with Crippen LogP contribution in [0.25, 0.3) is 10.9 Å². The van der Waals surface area contributed by atoms with E-state index in [1.807, 2.05) is 0 Å². The molecule has 0 bridgehead atoms. The molecule has 1 fully saturated rings. The predicted octanol–water partition coefficient (Wildman–Crippen LogP) is 0.852. The number of fused-ring (bicyclic) bond motifs is 1. The van der Waals surface area contributed by atoms with Gasteiger partial charge in [-0.1, -0.05) is 18.2 Å². The predicted molar refractivity (Wildman–Crippen MR) is 68.9 cm³/mol. The first-order valence-electron chi connectivity index (χ1n) is 5.84. The van der Waals surface area contributed by atoms with Crippen LogP contribution in [-0.2, 0) is 10.0 Å². The molecular weight excluding hydrogens is 266 g/mol. The number of carbonyl (C=O) groups is 1. The highest BCUT2D eigenvalue weighted by Crippen LogP contribution is 2.27. The van der Waals surface area contributed by atoms with E-state index in [0.717, 1.165) is 0 Å². The Bertz CT molecular complexity index is 748. The van der Waals surface area contributed by atoms with Gasteiger partial charge in [-0.15, -0.1) is 0 Å². The molecule has 6 nitrogen and oxygen atoms in total. The van der Waals surface area contributed by atoms with E-state index < -0.39 is 21.2 Å². The number of benzene rings is 1. The van der Waals surface area contributed by atoms with E-state index in [1.165, 1.54) is 6.20 Å². The van der Waals surface area contributed by atoms with Crippen molar-refractivity contribution >= 4 is 26.8 Å². The molecule has 7 heteroatoms. The van der Waals surface area contributed by atoms with Crippen molar-refractivity contribution < 1.29 is 13.2 Å². The highest BCUT2D eigenvalue weighted by atomic mass is 32.2. The lowest BCUT2D eigenvalue weighted by molar-refractivity contribution is 0.0982. The van der Waals surface area contributed by atoms with Crippen LogP contribution in [0, 0.1) is 0 Å². The van der Waals surface area contributed by atoms with E-state index in [1.54, 1.807) is 24.3 Å². The Morgan fingerprint density at radius 3 is 2.74 bits per heavy atom. The molecule has 0 spiro atoms. The van der Waals surface area contributed by atoms with E-state index in [4.69, 9.17) is 0 Å². The minimum absolute atomic E-state index is 0.217. The summed E-state index contributed by atoms with van der Waals surface area (Å²) in [5.41, 5.74) is 0.772. The van der Waals surface area contributed by atoms with Gasteiger partial charge in [0.15, 0.2) is 0 Å². The van der Waals surface area contributed by atoms with Gasteiger partial charge in [-0.25, -0.2) is 13.1 Å². The second kappa shape index (κ2) is 4.27. The number of carbonyl (C=O) groups excluding carboxylic acids is 1. The third kappa shape index (κ3) is 2.28. The second-order valence-electron chi connectivity index (χ2n) is 4.45. The molecule has 0 atom stereocenters. The zero-order valence-electron chi connectivity index (χ0n) is 9.91. The fourth-order valence-electron chi connectivity index (χ4n) is 1.83. The Labute approximate surface area is 109 Å². The van der Waals surface area contributed by atoms with Gasteiger partial charge >= 0.3 is 0 Å². The molecule has 1 saturated carbocycles. The molecule has 0 radical (unpaired) electrons. The van der Waals surface area contributed by atoms with Crippen molar-refractivity contribution in [3.8, 4) is 0 Å². The summed E-state index contributed by atoms with van der Waals surface area (Å²) in [5, 5.41) is 7.76. The van der Waals surface area contributed by atoms with Crippen LogP contribution in [0.5, 0.6) is 0 Å². The van der Waals surface area contributed by atoms with E-state index in [9.17, 15) is 13.2 Å². The Kier molecular flexibility index (Phi) is 2.70. The first kappa shape index (κ1) is 12.0. The lowest BCUT2D eigenvalue weighted by Gasteiger charge is -2.07. The fraction of sp³-hybridized carbons (Fsp3) is 0.250. The van der Waals surface area contributed by atoms with Gasteiger partial charge in [0, 0.05) is 5.39 Å². The van der Waals surface area contributed by atoms with Crippen LogP contribution in [-0.4, -0.2) is 29.8 Å². The number of hydrogen-bond acceptors (Lipinski definition) is 5. The van der Waals surface area contributed by atoms with E-state index >= 15 is 0 Å². The van der Waals surface area contributed by atoms with Crippen LogP contribution >= 0.6 is 0 Å². The Morgan fingerprint density at radius 1 is 1.26 bits per heavy atom. The fourth-order valence-corrected chi connectivity index (χ4v) is 3.13. The van der Waals surface area contributed by atoms with Crippen LogP contribution < -0.4 is 4.72 Å². The number of nitrogens with zero attached hydrogens (tertiary/aromatic N) is 2. The molecule has 19 heavy (non-hydrogen) atoms. The largest absolute Gasteiger partial charge is 0.268 e. The summed E-state index contributed by atoms with van der Waals surface area (Å²) < 4.78 is 25.6. The molecule has 1 aromatic heterocycles. The lowest BCUT2D eigenvalue weighted by Crippen LogP contribution is -2.33. The van der Waals surface area contributed by atoms with Crippen LogP contribution in [0.3, 0.4) is 0 Å². The van der Waals surface area contributed by atoms with Crippen molar-refractivity contribution in [3.63, 3.8) is 0 Å². The monoisotopic (exact) mass is 277 g/mol. The van der Waals surface area contributed by atoms with E-state index in [-0.39, 0.29) is 5.56 Å². The van der Waals surface area contributed by atoms with Crippen molar-refractivity contribution in [1.29, 1.82) is 0 Å². The Morgan fingerprint density at radius 2 is 2.00 bits per heavy atom. The number of sulfonamides is 1. The lowest BCUT2D eigenvalue weighted by atomic mass is 10.1. The summed E-state index contributed by atoms with van der Waals surface area (Å²) in [4.78, 5) is 12.0. The van der Waals surface area contributed by atoms with Crippen LogP contribution in [0.2, 0.25) is 0 Å². The van der Waals surface area contributed by atoms with Crippen molar-refractivity contribution in [1.82, 2.24) is 14.9 Å². The number of rotatable bonds is 3. The normalized spacial score (nSPS) is 15.4. The molecule has 1 aliphatic carbocycles. The molecule has 1 N–H and O–H groups in total. The Hall–Kier alpha value is -2.02. The molecule has 1 aromatic carbocycles. The summed E-state index contributed by atoms with van der Waals surface area (Å²) in [6.45, 7) is 0. The van der Waals surface area contributed by atoms with Crippen LogP contribution in [0.15, 0.2) is 30.5 Å². The third-order valence-electron chi connectivity index (χ3n) is 2.99. The molecule has 98 valence electrons. The summed E-state index contributed by atoms with van der Waals surface area (Å²) >= 11 is 0. The third-order valence-corrected chi connectivity index (χ3v) is 4.81. The average molecular weight is 277 g/mol. The number of nitrogens with one attached hydrogen (secondary N) is 1. The van der Waals surface area contributed by atoms with E-state index in [0.29, 0.717) is 23.7 Å².